The number of benzene rings is 2. The van der Waals surface area contributed by atoms with Crippen molar-refractivity contribution < 1.29 is 23.8 Å². The van der Waals surface area contributed by atoms with Gasteiger partial charge in [-0.1, -0.05) is 24.3 Å². The molecule has 168 valence electrons. The highest BCUT2D eigenvalue weighted by molar-refractivity contribution is 8.18. The maximum absolute atomic E-state index is 13.1. The van der Waals surface area contributed by atoms with Crippen molar-refractivity contribution in [1.82, 2.24) is 4.90 Å². The van der Waals surface area contributed by atoms with Gasteiger partial charge in [0.25, 0.3) is 5.91 Å². The zero-order valence-electron chi connectivity index (χ0n) is 18.1. The number of carbonyl (C=O) groups is 2. The molecule has 4 rings (SSSR count). The molecule has 33 heavy (non-hydrogen) atoms. The zero-order chi connectivity index (χ0) is 23.4. The average molecular weight is 463 g/mol. The van der Waals surface area contributed by atoms with E-state index in [4.69, 9.17) is 14.3 Å². The predicted molar refractivity (Wildman–Crippen MR) is 129 cm³/mol. The minimum Gasteiger partial charge on any atom is -0.478 e. The molecule has 1 aliphatic heterocycles. The largest absolute Gasteiger partial charge is 0.478 e. The molecule has 0 saturated carbocycles. The number of thioether (sulfide) groups is 1. The maximum Gasteiger partial charge on any atom is 0.335 e. The van der Waals surface area contributed by atoms with Crippen molar-refractivity contribution in [2.75, 3.05) is 20.3 Å². The van der Waals surface area contributed by atoms with Crippen LogP contribution >= 0.6 is 11.8 Å². The highest BCUT2D eigenvalue weighted by Gasteiger charge is 2.33. The number of amidine groups is 1. The summed E-state index contributed by atoms with van der Waals surface area (Å²) in [6, 6.07) is 17.9. The van der Waals surface area contributed by atoms with Crippen LogP contribution in [0.25, 0.3) is 17.4 Å². The molecule has 0 unspecified atom stereocenters. The molecule has 3 aromatic rings. The Morgan fingerprint density at radius 1 is 1.18 bits per heavy atom. The first-order valence-corrected chi connectivity index (χ1v) is 11.1. The molecule has 1 aromatic heterocycles. The Labute approximate surface area is 195 Å². The van der Waals surface area contributed by atoms with E-state index in [0.29, 0.717) is 34.7 Å². The summed E-state index contributed by atoms with van der Waals surface area (Å²) >= 11 is 1.29. The van der Waals surface area contributed by atoms with Crippen molar-refractivity contribution in [3.63, 3.8) is 0 Å². The predicted octanol–water partition coefficient (Wildman–Crippen LogP) is 5.20. The third kappa shape index (κ3) is 5.08. The van der Waals surface area contributed by atoms with Gasteiger partial charge in [-0.2, -0.15) is 0 Å². The minimum atomic E-state index is -0.975. The molecule has 7 nitrogen and oxygen atoms in total. The number of carboxylic acids is 1. The Hall–Kier alpha value is -3.62. The number of nitrogens with zero attached hydrogens (tertiary/aromatic N) is 2. The monoisotopic (exact) mass is 462 g/mol. The average Bonchev–Trinajstić information content (AvgIpc) is 3.38. The topological polar surface area (TPSA) is 92.3 Å². The SMILES string of the molecule is COCCN1C(=O)C(=Cc2ccc(-c3ccc(C(=O)O)cc3C)o2)SC1=Nc1ccccc1. The van der Waals surface area contributed by atoms with E-state index in [9.17, 15) is 9.59 Å². The van der Waals surface area contributed by atoms with Crippen LogP contribution in [0, 0.1) is 6.92 Å². The number of carbonyl (C=O) groups excluding carboxylic acids is 1. The summed E-state index contributed by atoms with van der Waals surface area (Å²) < 4.78 is 11.1. The van der Waals surface area contributed by atoms with E-state index < -0.39 is 5.97 Å². The van der Waals surface area contributed by atoms with E-state index in [1.54, 1.807) is 48.4 Å². The van der Waals surface area contributed by atoms with E-state index in [1.165, 1.54) is 11.8 Å². The van der Waals surface area contributed by atoms with Crippen LogP contribution in [0.3, 0.4) is 0 Å². The van der Waals surface area contributed by atoms with Gasteiger partial charge in [0.1, 0.15) is 11.5 Å². The summed E-state index contributed by atoms with van der Waals surface area (Å²) in [5.74, 6) is -0.0136. The molecule has 1 amide bonds. The molecule has 0 bridgehead atoms. The third-order valence-electron chi connectivity index (χ3n) is 5.03. The van der Waals surface area contributed by atoms with Gasteiger partial charge in [0, 0.05) is 18.7 Å². The fourth-order valence-electron chi connectivity index (χ4n) is 3.36. The quantitative estimate of drug-likeness (QED) is 0.485. The number of hydrogen-bond donors (Lipinski definition) is 1. The van der Waals surface area contributed by atoms with E-state index in [-0.39, 0.29) is 11.5 Å². The van der Waals surface area contributed by atoms with Crippen LogP contribution in [-0.4, -0.2) is 47.3 Å². The minimum absolute atomic E-state index is 0.160. The molecular formula is C25H22N2O5S. The number of furan rings is 1. The standard InChI is InChI=1S/C25H22N2O5S/c1-16-14-17(24(29)30)8-10-20(16)21-11-9-19(32-21)15-22-23(28)27(12-13-31-2)25(33-22)26-18-6-4-3-5-7-18/h3-11,14-15H,12-13H2,1-2H3,(H,29,30). The summed E-state index contributed by atoms with van der Waals surface area (Å²) in [6.07, 6.45) is 1.70. The number of para-hydroxylation sites is 1. The number of methoxy groups -OCH3 is 1. The molecule has 1 saturated heterocycles. The van der Waals surface area contributed by atoms with Crippen LogP contribution in [0.2, 0.25) is 0 Å². The summed E-state index contributed by atoms with van der Waals surface area (Å²) in [5.41, 5.74) is 2.57. The molecule has 1 aliphatic rings. The number of carboxylic acid groups (broad SMARTS) is 1. The summed E-state index contributed by atoms with van der Waals surface area (Å²) in [6.45, 7) is 2.62. The fraction of sp³-hybridized carbons (Fsp3) is 0.160. The lowest BCUT2D eigenvalue weighted by molar-refractivity contribution is -0.122. The van der Waals surface area contributed by atoms with Crippen molar-refractivity contribution in [3.05, 3.63) is 82.5 Å². The first kappa shape index (κ1) is 22.6. The molecule has 0 aliphatic carbocycles. The number of aryl methyl sites for hydroxylation is 1. The molecule has 2 heterocycles. The second-order valence-corrected chi connectivity index (χ2v) is 8.34. The Morgan fingerprint density at radius 2 is 1.97 bits per heavy atom. The molecule has 2 aromatic carbocycles. The second-order valence-electron chi connectivity index (χ2n) is 7.33. The maximum atomic E-state index is 13.1. The lowest BCUT2D eigenvalue weighted by Gasteiger charge is -2.14. The summed E-state index contributed by atoms with van der Waals surface area (Å²) in [5, 5.41) is 9.75. The van der Waals surface area contributed by atoms with Gasteiger partial charge < -0.3 is 14.3 Å². The summed E-state index contributed by atoms with van der Waals surface area (Å²) in [7, 11) is 1.59. The van der Waals surface area contributed by atoms with E-state index in [2.05, 4.69) is 4.99 Å². The first-order valence-electron chi connectivity index (χ1n) is 10.2. The van der Waals surface area contributed by atoms with Gasteiger partial charge in [-0.3, -0.25) is 9.69 Å². The molecule has 0 atom stereocenters. The number of ether oxygens (including phenoxy) is 1. The van der Waals surface area contributed by atoms with Crippen molar-refractivity contribution >= 4 is 40.6 Å². The van der Waals surface area contributed by atoms with E-state index in [1.807, 2.05) is 37.3 Å². The molecule has 1 fully saturated rings. The van der Waals surface area contributed by atoms with Crippen LogP contribution in [0.1, 0.15) is 21.7 Å². The Morgan fingerprint density at radius 3 is 2.67 bits per heavy atom. The van der Waals surface area contributed by atoms with Crippen LogP contribution in [0.4, 0.5) is 5.69 Å². The van der Waals surface area contributed by atoms with E-state index in [0.717, 1.165) is 16.8 Å². The van der Waals surface area contributed by atoms with Gasteiger partial charge in [-0.15, -0.1) is 0 Å². The Kier molecular flexibility index (Phi) is 6.76. The van der Waals surface area contributed by atoms with Crippen molar-refractivity contribution in [2.45, 2.75) is 6.92 Å². The molecule has 0 spiro atoms. The first-order chi connectivity index (χ1) is 16.0. The lowest BCUT2D eigenvalue weighted by atomic mass is 10.0. The number of rotatable bonds is 7. The van der Waals surface area contributed by atoms with Crippen molar-refractivity contribution in [1.29, 1.82) is 0 Å². The van der Waals surface area contributed by atoms with Gasteiger partial charge in [0.15, 0.2) is 5.17 Å². The smallest absolute Gasteiger partial charge is 0.335 e. The highest BCUT2D eigenvalue weighted by Crippen LogP contribution is 2.35. The molecular weight excluding hydrogens is 440 g/mol. The van der Waals surface area contributed by atoms with Crippen LogP contribution in [-0.2, 0) is 9.53 Å². The van der Waals surface area contributed by atoms with Gasteiger partial charge in [-0.25, -0.2) is 9.79 Å². The third-order valence-corrected chi connectivity index (χ3v) is 6.03. The van der Waals surface area contributed by atoms with Crippen molar-refractivity contribution in [2.24, 2.45) is 4.99 Å². The Bertz CT molecular complexity index is 1250. The van der Waals surface area contributed by atoms with Gasteiger partial charge in [0.2, 0.25) is 0 Å². The molecule has 8 heteroatoms. The lowest BCUT2D eigenvalue weighted by Crippen LogP contribution is -2.32. The number of amides is 1. The zero-order valence-corrected chi connectivity index (χ0v) is 19.0. The Balaban J connectivity index is 1.61. The highest BCUT2D eigenvalue weighted by atomic mass is 32.2. The van der Waals surface area contributed by atoms with Crippen LogP contribution in [0.5, 0.6) is 0 Å². The second kappa shape index (κ2) is 9.89. The van der Waals surface area contributed by atoms with E-state index >= 15 is 0 Å². The normalized spacial score (nSPS) is 16.2. The molecule has 1 N–H and O–H groups in total. The number of hydrogen-bond acceptors (Lipinski definition) is 6. The van der Waals surface area contributed by atoms with Crippen LogP contribution < -0.4 is 0 Å². The number of aromatic carboxylic acids is 1. The fourth-order valence-corrected chi connectivity index (χ4v) is 4.37. The van der Waals surface area contributed by atoms with Gasteiger partial charge in [0.05, 0.1) is 29.3 Å². The van der Waals surface area contributed by atoms with Gasteiger partial charge >= 0.3 is 5.97 Å². The molecule has 0 radical (unpaired) electrons. The van der Waals surface area contributed by atoms with Crippen LogP contribution in [0.15, 0.2) is 75.0 Å². The number of aliphatic imine (C=N–C) groups is 1. The van der Waals surface area contributed by atoms with Crippen molar-refractivity contribution in [3.8, 4) is 11.3 Å². The van der Waals surface area contributed by atoms with Gasteiger partial charge in [-0.05, 0) is 60.6 Å². The summed E-state index contributed by atoms with van der Waals surface area (Å²) in [4.78, 5) is 31.0.